The quantitative estimate of drug-likeness (QED) is 0.796. The molecule has 2 aliphatic rings. The number of nitrogens with one attached hydrogen (secondary N) is 1. The molecular formula is C16H29N3O3. The van der Waals surface area contributed by atoms with Crippen molar-refractivity contribution in [3.63, 3.8) is 0 Å². The van der Waals surface area contributed by atoms with Crippen LogP contribution < -0.4 is 5.32 Å². The summed E-state index contributed by atoms with van der Waals surface area (Å²) in [5, 5.41) is 2.84. The van der Waals surface area contributed by atoms with Crippen LogP contribution in [0.4, 0.5) is 4.79 Å². The summed E-state index contributed by atoms with van der Waals surface area (Å²) in [5.74, 6) is 0.926. The summed E-state index contributed by atoms with van der Waals surface area (Å²) in [4.78, 5) is 28.5. The molecule has 1 atom stereocenters. The number of urea groups is 1. The zero-order chi connectivity index (χ0) is 15.9. The molecule has 1 N–H and O–H groups in total. The molecule has 0 aromatic heterocycles. The van der Waals surface area contributed by atoms with E-state index in [4.69, 9.17) is 4.74 Å². The lowest BCUT2D eigenvalue weighted by Gasteiger charge is -2.37. The van der Waals surface area contributed by atoms with Gasteiger partial charge in [0.2, 0.25) is 5.91 Å². The molecule has 126 valence electrons. The molecule has 2 heterocycles. The Morgan fingerprint density at radius 1 is 1.14 bits per heavy atom. The van der Waals surface area contributed by atoms with Gasteiger partial charge in [-0.05, 0) is 31.6 Å². The third kappa shape index (κ3) is 4.60. The first-order chi connectivity index (χ1) is 10.6. The Morgan fingerprint density at radius 3 is 2.55 bits per heavy atom. The smallest absolute Gasteiger partial charge is 0.317 e. The first kappa shape index (κ1) is 17.1. The first-order valence-electron chi connectivity index (χ1n) is 8.42. The van der Waals surface area contributed by atoms with E-state index < -0.39 is 0 Å². The fourth-order valence-electron chi connectivity index (χ4n) is 3.22. The second kappa shape index (κ2) is 8.36. The van der Waals surface area contributed by atoms with Crippen LogP contribution in [0.15, 0.2) is 0 Å². The van der Waals surface area contributed by atoms with Crippen LogP contribution in [0.3, 0.4) is 0 Å². The van der Waals surface area contributed by atoms with Crippen molar-refractivity contribution in [2.75, 3.05) is 46.4 Å². The van der Waals surface area contributed by atoms with Gasteiger partial charge in [0.1, 0.15) is 0 Å². The predicted molar refractivity (Wildman–Crippen MR) is 84.5 cm³/mol. The van der Waals surface area contributed by atoms with E-state index in [1.807, 2.05) is 4.90 Å². The third-order valence-electron chi connectivity index (χ3n) is 4.74. The van der Waals surface area contributed by atoms with Crippen molar-refractivity contribution in [3.05, 3.63) is 0 Å². The number of methoxy groups -OCH3 is 1. The van der Waals surface area contributed by atoms with Gasteiger partial charge in [-0.3, -0.25) is 4.79 Å². The predicted octanol–water partition coefficient (Wildman–Crippen LogP) is 1.31. The van der Waals surface area contributed by atoms with E-state index >= 15 is 0 Å². The number of likely N-dealkylation sites (tertiary alicyclic amines) is 2. The molecule has 0 aromatic carbocycles. The van der Waals surface area contributed by atoms with Gasteiger partial charge < -0.3 is 19.9 Å². The number of nitrogens with zero attached hydrogens (tertiary/aromatic N) is 2. The number of rotatable bonds is 4. The van der Waals surface area contributed by atoms with Crippen molar-refractivity contribution < 1.29 is 14.3 Å². The lowest BCUT2D eigenvalue weighted by atomic mass is 9.93. The largest absolute Gasteiger partial charge is 0.383 e. The van der Waals surface area contributed by atoms with E-state index in [9.17, 15) is 9.59 Å². The number of hydrogen-bond acceptors (Lipinski definition) is 3. The molecule has 6 nitrogen and oxygen atoms in total. The van der Waals surface area contributed by atoms with Gasteiger partial charge in [0.25, 0.3) is 0 Å². The maximum Gasteiger partial charge on any atom is 0.317 e. The second-order valence-corrected chi connectivity index (χ2v) is 6.52. The molecule has 2 fully saturated rings. The highest BCUT2D eigenvalue weighted by Crippen LogP contribution is 2.23. The Hall–Kier alpha value is -1.30. The lowest BCUT2D eigenvalue weighted by Crippen LogP contribution is -2.51. The van der Waals surface area contributed by atoms with E-state index in [-0.39, 0.29) is 17.9 Å². The average Bonchev–Trinajstić information content (AvgIpc) is 2.55. The fourth-order valence-corrected chi connectivity index (χ4v) is 3.22. The number of hydrogen-bond donors (Lipinski definition) is 1. The number of piperidine rings is 2. The standard InChI is InChI=1S/C16H29N3O3/c1-13-5-9-18(10-6-13)15(20)14-4-3-8-19(12-14)16(21)17-7-11-22-2/h13-14H,3-12H2,1-2H3,(H,17,21)/t14-/m0/s1. The zero-order valence-electron chi connectivity index (χ0n) is 13.8. The van der Waals surface area contributed by atoms with E-state index in [0.29, 0.717) is 19.7 Å². The summed E-state index contributed by atoms with van der Waals surface area (Å²) in [7, 11) is 1.61. The van der Waals surface area contributed by atoms with Gasteiger partial charge in [-0.15, -0.1) is 0 Å². The zero-order valence-corrected chi connectivity index (χ0v) is 13.8. The molecule has 0 unspecified atom stereocenters. The number of carbonyl (C=O) groups excluding carboxylic acids is 2. The van der Waals surface area contributed by atoms with Crippen molar-refractivity contribution in [1.29, 1.82) is 0 Å². The van der Waals surface area contributed by atoms with Gasteiger partial charge in [0, 0.05) is 39.8 Å². The van der Waals surface area contributed by atoms with E-state index in [2.05, 4.69) is 12.2 Å². The Balaban J connectivity index is 1.82. The minimum absolute atomic E-state index is 0.0321. The van der Waals surface area contributed by atoms with Crippen molar-refractivity contribution in [3.8, 4) is 0 Å². The maximum absolute atomic E-state index is 12.6. The molecule has 2 saturated heterocycles. The second-order valence-electron chi connectivity index (χ2n) is 6.52. The molecule has 22 heavy (non-hydrogen) atoms. The van der Waals surface area contributed by atoms with Crippen molar-refractivity contribution in [1.82, 2.24) is 15.1 Å². The van der Waals surface area contributed by atoms with E-state index in [0.717, 1.165) is 51.2 Å². The Bertz CT molecular complexity index is 381. The van der Waals surface area contributed by atoms with Gasteiger partial charge in [-0.2, -0.15) is 0 Å². The Kier molecular flexibility index (Phi) is 6.49. The van der Waals surface area contributed by atoms with Crippen LogP contribution in [0.2, 0.25) is 0 Å². The van der Waals surface area contributed by atoms with Crippen LogP contribution in [0.25, 0.3) is 0 Å². The molecule has 0 bridgehead atoms. The molecule has 0 aliphatic carbocycles. The summed E-state index contributed by atoms with van der Waals surface area (Å²) in [5.41, 5.74) is 0. The van der Waals surface area contributed by atoms with Crippen LogP contribution in [-0.2, 0) is 9.53 Å². The maximum atomic E-state index is 12.6. The average molecular weight is 311 g/mol. The molecule has 0 radical (unpaired) electrons. The highest BCUT2D eigenvalue weighted by Gasteiger charge is 2.32. The normalized spacial score (nSPS) is 23.5. The fraction of sp³-hybridized carbons (Fsp3) is 0.875. The lowest BCUT2D eigenvalue weighted by molar-refractivity contribution is -0.138. The van der Waals surface area contributed by atoms with Crippen LogP contribution in [0.5, 0.6) is 0 Å². The number of ether oxygens (including phenoxy) is 1. The van der Waals surface area contributed by atoms with Crippen molar-refractivity contribution in [2.45, 2.75) is 32.6 Å². The monoisotopic (exact) mass is 311 g/mol. The van der Waals surface area contributed by atoms with Gasteiger partial charge in [0.05, 0.1) is 12.5 Å². The molecule has 6 heteroatoms. The number of carbonyl (C=O) groups is 2. The molecule has 2 aliphatic heterocycles. The first-order valence-corrected chi connectivity index (χ1v) is 8.42. The summed E-state index contributed by atoms with van der Waals surface area (Å²) in [6.45, 7) is 6.28. The third-order valence-corrected chi connectivity index (χ3v) is 4.74. The van der Waals surface area contributed by atoms with Gasteiger partial charge in [-0.1, -0.05) is 6.92 Å². The Morgan fingerprint density at radius 2 is 1.86 bits per heavy atom. The molecule has 0 aromatic rings. The van der Waals surface area contributed by atoms with Crippen LogP contribution >= 0.6 is 0 Å². The number of amides is 3. The highest BCUT2D eigenvalue weighted by atomic mass is 16.5. The van der Waals surface area contributed by atoms with E-state index in [1.165, 1.54) is 0 Å². The SMILES string of the molecule is COCCNC(=O)N1CCC[C@H](C(=O)N2CCC(C)CC2)C1. The highest BCUT2D eigenvalue weighted by molar-refractivity contribution is 5.81. The minimum atomic E-state index is -0.0817. The molecule has 0 spiro atoms. The topological polar surface area (TPSA) is 61.9 Å². The Labute approximate surface area is 133 Å². The van der Waals surface area contributed by atoms with Crippen LogP contribution in [0, 0.1) is 11.8 Å². The summed E-state index contributed by atoms with van der Waals surface area (Å²) in [6, 6.07) is -0.0817. The molecule has 2 rings (SSSR count). The van der Waals surface area contributed by atoms with Gasteiger partial charge >= 0.3 is 6.03 Å². The molecular weight excluding hydrogens is 282 g/mol. The molecule has 0 saturated carbocycles. The van der Waals surface area contributed by atoms with Gasteiger partial charge in [0.15, 0.2) is 0 Å². The summed E-state index contributed by atoms with van der Waals surface area (Å²) in [6.07, 6.45) is 3.99. The summed E-state index contributed by atoms with van der Waals surface area (Å²) >= 11 is 0. The van der Waals surface area contributed by atoms with E-state index in [1.54, 1.807) is 12.0 Å². The molecule has 3 amide bonds. The van der Waals surface area contributed by atoms with Crippen LogP contribution in [-0.4, -0.2) is 68.2 Å². The van der Waals surface area contributed by atoms with Crippen molar-refractivity contribution in [2.24, 2.45) is 11.8 Å². The van der Waals surface area contributed by atoms with Crippen molar-refractivity contribution >= 4 is 11.9 Å². The van der Waals surface area contributed by atoms with Gasteiger partial charge in [-0.25, -0.2) is 4.79 Å². The van der Waals surface area contributed by atoms with Crippen LogP contribution in [0.1, 0.15) is 32.6 Å². The summed E-state index contributed by atoms with van der Waals surface area (Å²) < 4.78 is 4.93. The minimum Gasteiger partial charge on any atom is -0.383 e.